The number of nitrogens with one attached hydrogen (secondary N) is 1. The van der Waals surface area contributed by atoms with Gasteiger partial charge in [-0.2, -0.15) is 0 Å². The normalized spacial score (nSPS) is 40.0. The highest BCUT2D eigenvalue weighted by Gasteiger charge is 2.49. The van der Waals surface area contributed by atoms with Crippen LogP contribution in [0.5, 0.6) is 0 Å². The second-order valence-corrected chi connectivity index (χ2v) is 8.36. The fourth-order valence-electron chi connectivity index (χ4n) is 5.81. The molecule has 1 saturated heterocycles. The zero-order valence-corrected chi connectivity index (χ0v) is 15.1. The molecule has 5 aliphatic rings. The monoisotopic (exact) mass is 350 g/mol. The highest BCUT2D eigenvalue weighted by atomic mass is 16.5. The lowest BCUT2D eigenvalue weighted by atomic mass is 9.54. The van der Waals surface area contributed by atoms with E-state index in [-0.39, 0.29) is 18.4 Å². The summed E-state index contributed by atoms with van der Waals surface area (Å²) >= 11 is 0. The van der Waals surface area contributed by atoms with Gasteiger partial charge in [0.05, 0.1) is 19.8 Å². The predicted molar refractivity (Wildman–Crippen MR) is 91.8 cm³/mol. The van der Waals surface area contributed by atoms with Crippen molar-refractivity contribution in [3.05, 3.63) is 0 Å². The van der Waals surface area contributed by atoms with Crippen LogP contribution < -0.4 is 5.32 Å². The SMILES string of the molecule is CCOC(=O)CN1CCOC(C(=O)NC2C3CC4CC(C3)CC2C4)C1. The van der Waals surface area contributed by atoms with Crippen LogP contribution in [0, 0.1) is 23.7 Å². The van der Waals surface area contributed by atoms with Crippen LogP contribution in [0.15, 0.2) is 0 Å². The first kappa shape index (κ1) is 17.3. The fourth-order valence-corrected chi connectivity index (χ4v) is 5.81. The number of carbonyl (C=O) groups is 2. The summed E-state index contributed by atoms with van der Waals surface area (Å²) in [6.07, 6.45) is 6.11. The van der Waals surface area contributed by atoms with Gasteiger partial charge in [-0.1, -0.05) is 0 Å². The summed E-state index contributed by atoms with van der Waals surface area (Å²) in [6.45, 7) is 4.05. The van der Waals surface area contributed by atoms with Crippen molar-refractivity contribution in [1.29, 1.82) is 0 Å². The maximum Gasteiger partial charge on any atom is 0.320 e. The van der Waals surface area contributed by atoms with Gasteiger partial charge in [0.25, 0.3) is 5.91 Å². The number of rotatable bonds is 5. The number of hydrogen-bond donors (Lipinski definition) is 1. The van der Waals surface area contributed by atoms with Gasteiger partial charge in [-0.05, 0) is 62.7 Å². The van der Waals surface area contributed by atoms with E-state index in [1.807, 2.05) is 4.90 Å². The largest absolute Gasteiger partial charge is 0.465 e. The summed E-state index contributed by atoms with van der Waals surface area (Å²) in [5.74, 6) is 2.91. The number of hydrogen-bond acceptors (Lipinski definition) is 5. The number of nitrogens with zero attached hydrogens (tertiary/aromatic N) is 1. The first-order valence-corrected chi connectivity index (χ1v) is 9.92. The molecule has 1 unspecified atom stereocenters. The van der Waals surface area contributed by atoms with Gasteiger partial charge in [0.2, 0.25) is 0 Å². The molecule has 1 N–H and O–H groups in total. The number of amides is 1. The van der Waals surface area contributed by atoms with Crippen LogP contribution in [-0.2, 0) is 19.1 Å². The molecule has 6 nitrogen and oxygen atoms in total. The van der Waals surface area contributed by atoms with Gasteiger partial charge >= 0.3 is 5.97 Å². The third-order valence-electron chi connectivity index (χ3n) is 6.64. The van der Waals surface area contributed by atoms with Gasteiger partial charge < -0.3 is 14.8 Å². The number of morpholine rings is 1. The molecule has 5 fully saturated rings. The Hall–Kier alpha value is -1.14. The quantitative estimate of drug-likeness (QED) is 0.755. The van der Waals surface area contributed by atoms with E-state index < -0.39 is 6.10 Å². The van der Waals surface area contributed by atoms with Gasteiger partial charge in [0.1, 0.15) is 6.10 Å². The molecule has 5 rings (SSSR count). The Kier molecular flexibility index (Phi) is 5.00. The minimum atomic E-state index is -0.472. The van der Waals surface area contributed by atoms with Crippen molar-refractivity contribution in [2.24, 2.45) is 23.7 Å². The summed E-state index contributed by atoms with van der Waals surface area (Å²) in [6, 6.07) is 0.337. The van der Waals surface area contributed by atoms with Gasteiger partial charge in [0, 0.05) is 19.1 Å². The molecule has 6 heteroatoms. The Bertz CT molecular complexity index is 496. The molecular formula is C19H30N2O4. The van der Waals surface area contributed by atoms with Gasteiger partial charge in [-0.25, -0.2) is 0 Å². The summed E-state index contributed by atoms with van der Waals surface area (Å²) in [4.78, 5) is 26.4. The Balaban J connectivity index is 1.31. The van der Waals surface area contributed by atoms with Crippen LogP contribution in [-0.4, -0.2) is 61.8 Å². The van der Waals surface area contributed by atoms with E-state index in [4.69, 9.17) is 9.47 Å². The van der Waals surface area contributed by atoms with E-state index in [0.717, 1.165) is 11.8 Å². The molecule has 1 aliphatic heterocycles. The summed E-state index contributed by atoms with van der Waals surface area (Å²) < 4.78 is 10.7. The molecule has 4 aliphatic carbocycles. The standard InChI is InChI=1S/C19H30N2O4/c1-2-24-17(22)11-21-3-4-25-16(10-21)19(23)20-18-14-6-12-5-13(8-14)9-15(18)7-12/h12-16,18H,2-11H2,1H3,(H,20,23). The summed E-state index contributed by atoms with van der Waals surface area (Å²) in [5.41, 5.74) is 0. The molecule has 1 heterocycles. The minimum absolute atomic E-state index is 0.00559. The number of ether oxygens (including phenoxy) is 2. The highest BCUT2D eigenvalue weighted by molar-refractivity contribution is 5.81. The molecule has 25 heavy (non-hydrogen) atoms. The van der Waals surface area contributed by atoms with E-state index in [0.29, 0.717) is 44.2 Å². The molecule has 0 radical (unpaired) electrons. The lowest BCUT2D eigenvalue weighted by Crippen LogP contribution is -2.59. The summed E-state index contributed by atoms with van der Waals surface area (Å²) in [7, 11) is 0. The molecule has 1 atom stereocenters. The Morgan fingerprint density at radius 2 is 1.80 bits per heavy atom. The number of esters is 1. The van der Waals surface area contributed by atoms with Crippen LogP contribution in [0.1, 0.15) is 39.0 Å². The van der Waals surface area contributed by atoms with E-state index in [1.54, 1.807) is 6.92 Å². The van der Waals surface area contributed by atoms with Crippen molar-refractivity contribution >= 4 is 11.9 Å². The smallest absolute Gasteiger partial charge is 0.320 e. The maximum absolute atomic E-state index is 12.8. The molecule has 140 valence electrons. The first-order valence-electron chi connectivity index (χ1n) is 9.92. The Morgan fingerprint density at radius 3 is 2.44 bits per heavy atom. The predicted octanol–water partition coefficient (Wildman–Crippen LogP) is 1.19. The topological polar surface area (TPSA) is 67.9 Å². The second kappa shape index (κ2) is 7.23. The highest BCUT2D eigenvalue weighted by Crippen LogP contribution is 2.53. The lowest BCUT2D eigenvalue weighted by Gasteiger charge is -2.54. The lowest BCUT2D eigenvalue weighted by molar-refractivity contribution is -0.151. The maximum atomic E-state index is 12.8. The second-order valence-electron chi connectivity index (χ2n) is 8.36. The molecule has 4 saturated carbocycles. The third-order valence-corrected chi connectivity index (χ3v) is 6.64. The van der Waals surface area contributed by atoms with Crippen molar-refractivity contribution in [1.82, 2.24) is 10.2 Å². The Labute approximate surface area is 149 Å². The molecule has 0 spiro atoms. The average Bonchev–Trinajstić information content (AvgIpc) is 2.57. The van der Waals surface area contributed by atoms with Crippen molar-refractivity contribution in [2.45, 2.75) is 51.2 Å². The third kappa shape index (κ3) is 3.70. The minimum Gasteiger partial charge on any atom is -0.465 e. The molecule has 1 amide bonds. The zero-order chi connectivity index (χ0) is 17.4. The van der Waals surface area contributed by atoms with Crippen molar-refractivity contribution in [2.75, 3.05) is 32.8 Å². The van der Waals surface area contributed by atoms with E-state index in [1.165, 1.54) is 32.1 Å². The number of carbonyl (C=O) groups excluding carboxylic acids is 2. The van der Waals surface area contributed by atoms with E-state index in [9.17, 15) is 9.59 Å². The van der Waals surface area contributed by atoms with Crippen LogP contribution in [0.25, 0.3) is 0 Å². The zero-order valence-electron chi connectivity index (χ0n) is 15.1. The average molecular weight is 350 g/mol. The molecule has 4 bridgehead atoms. The van der Waals surface area contributed by atoms with Gasteiger partial charge in [0.15, 0.2) is 0 Å². The first-order chi connectivity index (χ1) is 12.1. The van der Waals surface area contributed by atoms with Crippen molar-refractivity contribution in [3.8, 4) is 0 Å². The molecule has 0 aromatic rings. The van der Waals surface area contributed by atoms with Gasteiger partial charge in [-0.3, -0.25) is 14.5 Å². The van der Waals surface area contributed by atoms with E-state index in [2.05, 4.69) is 5.32 Å². The molecular weight excluding hydrogens is 320 g/mol. The summed E-state index contributed by atoms with van der Waals surface area (Å²) in [5, 5.41) is 3.32. The van der Waals surface area contributed by atoms with Crippen LogP contribution in [0.2, 0.25) is 0 Å². The molecule has 0 aromatic heterocycles. The molecule has 0 aromatic carbocycles. The van der Waals surface area contributed by atoms with Crippen molar-refractivity contribution < 1.29 is 19.1 Å². The van der Waals surface area contributed by atoms with Crippen LogP contribution >= 0.6 is 0 Å². The van der Waals surface area contributed by atoms with Crippen molar-refractivity contribution in [3.63, 3.8) is 0 Å². The Morgan fingerprint density at radius 1 is 1.12 bits per heavy atom. The van der Waals surface area contributed by atoms with Gasteiger partial charge in [-0.15, -0.1) is 0 Å². The van der Waals surface area contributed by atoms with Crippen LogP contribution in [0.3, 0.4) is 0 Å². The van der Waals surface area contributed by atoms with E-state index >= 15 is 0 Å². The van der Waals surface area contributed by atoms with Crippen LogP contribution in [0.4, 0.5) is 0 Å². The fraction of sp³-hybridized carbons (Fsp3) is 0.895.